The molecular weight excluding hydrogens is 573 g/mol. The van der Waals surface area contributed by atoms with Crippen LogP contribution in [0.4, 0.5) is 21.9 Å². The first kappa shape index (κ1) is 26.7. The summed E-state index contributed by atoms with van der Waals surface area (Å²) >= 11 is 2.10. The van der Waals surface area contributed by atoms with E-state index < -0.39 is 24.0 Å². The van der Waals surface area contributed by atoms with Gasteiger partial charge < -0.3 is 20.9 Å². The number of nitrogens with one attached hydrogen (secondary N) is 2. The maximum Gasteiger partial charge on any atom is 0.412 e. The molecule has 0 unspecified atom stereocenters. The number of hydrogen-bond acceptors (Lipinski definition) is 6. The number of ketones is 1. The first-order valence-electron chi connectivity index (χ1n) is 11.0. The molecule has 0 spiro atoms. The number of benzene rings is 3. The molecule has 0 saturated carbocycles. The molecule has 0 bridgehead atoms. The summed E-state index contributed by atoms with van der Waals surface area (Å²) in [6.45, 7) is 3.22. The van der Waals surface area contributed by atoms with E-state index in [0.29, 0.717) is 28.2 Å². The molecule has 2 amide bonds. The molecule has 0 radical (unpaired) electrons. The van der Waals surface area contributed by atoms with E-state index in [1.54, 1.807) is 73.7 Å². The first-order valence-corrected chi connectivity index (χ1v) is 12.1. The SMILES string of the molecule is CC(=O)c1ccc(NC(=O)O[C@@H](c2cc(I)ccc2O)[C@@H](C)/C=C/C(=O)Nc2ccccc2N)cc1. The molecule has 0 aliphatic carbocycles. The number of para-hydroxylation sites is 2. The van der Waals surface area contributed by atoms with Gasteiger partial charge in [0.1, 0.15) is 11.9 Å². The molecule has 2 atom stereocenters. The summed E-state index contributed by atoms with van der Waals surface area (Å²) in [5, 5.41) is 15.8. The Morgan fingerprint density at radius 1 is 1.03 bits per heavy atom. The Morgan fingerprint density at radius 2 is 1.72 bits per heavy atom. The number of amides is 2. The van der Waals surface area contributed by atoms with E-state index in [0.717, 1.165) is 3.57 Å². The van der Waals surface area contributed by atoms with Gasteiger partial charge in [0.15, 0.2) is 5.78 Å². The van der Waals surface area contributed by atoms with E-state index in [2.05, 4.69) is 33.2 Å². The summed E-state index contributed by atoms with van der Waals surface area (Å²) < 4.78 is 6.54. The smallest absolute Gasteiger partial charge is 0.412 e. The van der Waals surface area contributed by atoms with Crippen molar-refractivity contribution in [3.8, 4) is 5.75 Å². The maximum atomic E-state index is 12.7. The van der Waals surface area contributed by atoms with Crippen molar-refractivity contribution in [3.05, 3.63) is 93.6 Å². The van der Waals surface area contributed by atoms with Gasteiger partial charge in [-0.15, -0.1) is 0 Å². The van der Waals surface area contributed by atoms with Gasteiger partial charge in [-0.1, -0.05) is 25.1 Å². The van der Waals surface area contributed by atoms with Crippen LogP contribution in [0.25, 0.3) is 0 Å². The molecule has 8 nitrogen and oxygen atoms in total. The van der Waals surface area contributed by atoms with Gasteiger partial charge in [-0.2, -0.15) is 0 Å². The van der Waals surface area contributed by atoms with Crippen molar-refractivity contribution < 1.29 is 24.2 Å². The van der Waals surface area contributed by atoms with E-state index in [1.165, 1.54) is 19.1 Å². The van der Waals surface area contributed by atoms with Gasteiger partial charge in [0.05, 0.1) is 11.4 Å². The number of halogens is 1. The van der Waals surface area contributed by atoms with Gasteiger partial charge in [0.25, 0.3) is 0 Å². The number of rotatable bonds is 8. The summed E-state index contributed by atoms with van der Waals surface area (Å²) in [6, 6.07) is 18.2. The highest BCUT2D eigenvalue weighted by atomic mass is 127. The van der Waals surface area contributed by atoms with Crippen molar-refractivity contribution in [2.24, 2.45) is 5.92 Å². The second kappa shape index (κ2) is 12.2. The molecule has 0 saturated heterocycles. The Hall–Kier alpha value is -3.86. The summed E-state index contributed by atoms with van der Waals surface area (Å²) in [4.78, 5) is 36.6. The minimum absolute atomic E-state index is 0.0409. The van der Waals surface area contributed by atoms with Crippen LogP contribution in [-0.4, -0.2) is 22.9 Å². The number of phenols is 1. The van der Waals surface area contributed by atoms with Crippen molar-refractivity contribution in [2.45, 2.75) is 20.0 Å². The van der Waals surface area contributed by atoms with Crippen LogP contribution in [-0.2, 0) is 9.53 Å². The second-order valence-electron chi connectivity index (χ2n) is 8.08. The van der Waals surface area contributed by atoms with E-state index >= 15 is 0 Å². The van der Waals surface area contributed by atoms with Crippen LogP contribution in [0.15, 0.2) is 78.9 Å². The van der Waals surface area contributed by atoms with E-state index in [4.69, 9.17) is 10.5 Å². The van der Waals surface area contributed by atoms with Crippen LogP contribution in [0.2, 0.25) is 0 Å². The van der Waals surface area contributed by atoms with Gasteiger partial charge in [0.2, 0.25) is 5.91 Å². The average molecular weight is 599 g/mol. The fraction of sp³-hybridized carbons (Fsp3) is 0.148. The molecule has 5 N–H and O–H groups in total. The summed E-state index contributed by atoms with van der Waals surface area (Å²) in [7, 11) is 0. The lowest BCUT2D eigenvalue weighted by atomic mass is 9.96. The lowest BCUT2D eigenvalue weighted by Gasteiger charge is -2.24. The van der Waals surface area contributed by atoms with Crippen molar-refractivity contribution >= 4 is 57.4 Å². The second-order valence-corrected chi connectivity index (χ2v) is 9.33. The lowest BCUT2D eigenvalue weighted by Crippen LogP contribution is -2.22. The molecule has 0 fully saturated rings. The van der Waals surface area contributed by atoms with E-state index in [9.17, 15) is 19.5 Å². The standard InChI is InChI=1S/C27H26IN3O5/c1-16(7-14-25(34)31-23-6-4-3-5-22(23)29)26(21-15-19(28)10-13-24(21)33)36-27(35)30-20-11-8-18(9-12-20)17(2)32/h3-16,26,33H,29H2,1-2H3,(H,30,35)(H,31,34)/b14-7+/t16-,26+/m0/s1. The third-order valence-electron chi connectivity index (χ3n) is 5.32. The number of anilines is 3. The number of ether oxygens (including phenoxy) is 1. The van der Waals surface area contributed by atoms with Gasteiger partial charge in [0, 0.05) is 26.3 Å². The molecule has 0 heterocycles. The maximum absolute atomic E-state index is 12.7. The Bertz CT molecular complexity index is 1290. The highest BCUT2D eigenvalue weighted by Crippen LogP contribution is 2.35. The Labute approximate surface area is 222 Å². The molecule has 0 aliphatic rings. The third-order valence-corrected chi connectivity index (χ3v) is 5.99. The molecule has 3 aromatic rings. The number of nitrogens with two attached hydrogens (primary N) is 1. The third kappa shape index (κ3) is 7.32. The number of carbonyl (C=O) groups excluding carboxylic acids is 3. The zero-order valence-corrected chi connectivity index (χ0v) is 21.9. The van der Waals surface area contributed by atoms with Crippen molar-refractivity contribution in [1.29, 1.82) is 0 Å². The number of Topliss-reactive ketones (excluding diaryl/α,β-unsaturated/α-hetero) is 1. The van der Waals surface area contributed by atoms with Crippen LogP contribution >= 0.6 is 22.6 Å². The van der Waals surface area contributed by atoms with Crippen LogP contribution in [0.5, 0.6) is 5.75 Å². The van der Waals surface area contributed by atoms with Crippen molar-refractivity contribution in [2.75, 3.05) is 16.4 Å². The molecule has 0 aromatic heterocycles. The predicted molar refractivity (Wildman–Crippen MR) is 148 cm³/mol. The monoisotopic (exact) mass is 599 g/mol. The molecule has 3 rings (SSSR count). The number of carbonyl (C=O) groups is 3. The van der Waals surface area contributed by atoms with Crippen LogP contribution in [0, 0.1) is 9.49 Å². The predicted octanol–water partition coefficient (Wildman–Crippen LogP) is 5.90. The minimum atomic E-state index is -0.901. The molecule has 186 valence electrons. The molecule has 36 heavy (non-hydrogen) atoms. The molecule has 3 aromatic carbocycles. The van der Waals surface area contributed by atoms with Crippen LogP contribution in [0.1, 0.15) is 35.9 Å². The van der Waals surface area contributed by atoms with Crippen molar-refractivity contribution in [3.63, 3.8) is 0 Å². The number of aromatic hydroxyl groups is 1. The van der Waals surface area contributed by atoms with E-state index in [-0.39, 0.29) is 11.5 Å². The highest BCUT2D eigenvalue weighted by Gasteiger charge is 2.25. The zero-order valence-electron chi connectivity index (χ0n) is 19.7. The molecule has 0 aliphatic heterocycles. The number of hydrogen-bond donors (Lipinski definition) is 4. The topological polar surface area (TPSA) is 131 Å². The highest BCUT2D eigenvalue weighted by molar-refractivity contribution is 14.1. The zero-order chi connectivity index (χ0) is 26.2. The summed E-state index contributed by atoms with van der Waals surface area (Å²) in [6.07, 6.45) is 1.27. The fourth-order valence-electron chi connectivity index (χ4n) is 3.38. The largest absolute Gasteiger partial charge is 0.508 e. The van der Waals surface area contributed by atoms with Crippen LogP contribution < -0.4 is 16.4 Å². The Balaban J connectivity index is 1.77. The quantitative estimate of drug-likeness (QED) is 0.110. The molecule has 9 heteroatoms. The van der Waals surface area contributed by atoms with Crippen LogP contribution in [0.3, 0.4) is 0 Å². The first-order chi connectivity index (χ1) is 17.1. The Kier molecular flexibility index (Phi) is 9.07. The average Bonchev–Trinajstić information content (AvgIpc) is 2.84. The van der Waals surface area contributed by atoms with Gasteiger partial charge in [-0.05, 0) is 90.2 Å². The summed E-state index contributed by atoms with van der Waals surface area (Å²) in [5.41, 5.74) is 8.15. The molecular formula is C27H26IN3O5. The Morgan fingerprint density at radius 3 is 2.39 bits per heavy atom. The van der Waals surface area contributed by atoms with Gasteiger partial charge in [-0.3, -0.25) is 14.9 Å². The van der Waals surface area contributed by atoms with Gasteiger partial charge in [-0.25, -0.2) is 4.79 Å². The minimum Gasteiger partial charge on any atom is -0.508 e. The number of nitrogen functional groups attached to an aromatic ring is 1. The normalized spacial score (nSPS) is 12.5. The lowest BCUT2D eigenvalue weighted by molar-refractivity contribution is -0.111. The fourth-order valence-corrected chi connectivity index (χ4v) is 3.90. The van der Waals surface area contributed by atoms with Gasteiger partial charge >= 0.3 is 6.09 Å². The summed E-state index contributed by atoms with van der Waals surface area (Å²) in [5.74, 6) is -1.02. The number of phenolic OH excluding ortho intramolecular Hbond substituents is 1. The van der Waals surface area contributed by atoms with Crippen molar-refractivity contribution in [1.82, 2.24) is 0 Å². The van der Waals surface area contributed by atoms with E-state index in [1.807, 2.05) is 0 Å².